The number of hydrogen-bond acceptors (Lipinski definition) is 5. The van der Waals surface area contributed by atoms with Crippen molar-refractivity contribution in [1.82, 2.24) is 19.3 Å². The number of anilines is 1. The van der Waals surface area contributed by atoms with Crippen LogP contribution in [0.25, 0.3) is 10.8 Å². The van der Waals surface area contributed by atoms with Gasteiger partial charge in [0.2, 0.25) is 0 Å². The minimum Gasteiger partial charge on any atom is -0.361 e. The largest absolute Gasteiger partial charge is 0.361 e. The van der Waals surface area contributed by atoms with E-state index in [2.05, 4.69) is 15.4 Å². The van der Waals surface area contributed by atoms with Crippen LogP contribution in [0.1, 0.15) is 42.5 Å². The number of halogens is 5. The fourth-order valence-electron chi connectivity index (χ4n) is 4.60. The van der Waals surface area contributed by atoms with Crippen LogP contribution in [0.2, 0.25) is 0 Å². The number of pyridine rings is 2. The number of alkyl halides is 4. The Balaban J connectivity index is 1.58. The van der Waals surface area contributed by atoms with Crippen molar-refractivity contribution >= 4 is 16.6 Å². The van der Waals surface area contributed by atoms with Crippen LogP contribution in [0.3, 0.4) is 0 Å². The van der Waals surface area contributed by atoms with Crippen molar-refractivity contribution in [2.24, 2.45) is 7.05 Å². The third-order valence-corrected chi connectivity index (χ3v) is 6.96. The predicted octanol–water partition coefficient (Wildman–Crippen LogP) is 4.70. The van der Waals surface area contributed by atoms with Crippen molar-refractivity contribution in [3.05, 3.63) is 98.2 Å². The average Bonchev–Trinajstić information content (AvgIpc) is 3.69. The van der Waals surface area contributed by atoms with Crippen molar-refractivity contribution in [2.45, 2.75) is 43.7 Å². The van der Waals surface area contributed by atoms with E-state index in [4.69, 9.17) is 0 Å². The molecule has 3 heterocycles. The molecule has 0 amide bonds. The molecule has 38 heavy (non-hydrogen) atoms. The number of hydrogen-bond donors (Lipinski definition) is 1. The SMILES string of the molecule is CC(Nc1nn(C)c(=O)c2cc(=O)n(C3(C(F)F)CC3)cc12)c1cccc(C(F)(F)c2ccncc2)c1F. The van der Waals surface area contributed by atoms with Gasteiger partial charge in [0.05, 0.1) is 17.0 Å². The molecule has 1 N–H and O–H groups in total. The monoisotopic (exact) mass is 531 g/mol. The van der Waals surface area contributed by atoms with Gasteiger partial charge in [0.1, 0.15) is 11.4 Å². The van der Waals surface area contributed by atoms with Crippen LogP contribution >= 0.6 is 0 Å². The minimum absolute atomic E-state index is 0.000821. The standard InChI is InChI=1S/C26H22F5N5O2/c1-14(16-4-3-5-19(21(16)27)26(30,31)15-6-10-32-11-7-15)33-22-18-13-36(25(8-9-25)24(28)29)20(37)12-17(18)23(38)35(2)34-22/h3-7,10-14,24H,8-9H2,1-2H3,(H,33,34). The molecule has 1 fully saturated rings. The van der Waals surface area contributed by atoms with Gasteiger partial charge in [-0.2, -0.15) is 13.9 Å². The van der Waals surface area contributed by atoms with E-state index < -0.39 is 52.0 Å². The zero-order valence-corrected chi connectivity index (χ0v) is 20.3. The Morgan fingerprint density at radius 1 is 1.08 bits per heavy atom. The molecule has 0 aliphatic heterocycles. The third kappa shape index (κ3) is 4.04. The molecule has 1 unspecified atom stereocenters. The first-order valence-corrected chi connectivity index (χ1v) is 11.7. The summed E-state index contributed by atoms with van der Waals surface area (Å²) < 4.78 is 75.2. The molecule has 4 aromatic rings. The number of benzene rings is 1. The smallest absolute Gasteiger partial charge is 0.301 e. The maximum absolute atomic E-state index is 15.5. The van der Waals surface area contributed by atoms with Crippen molar-refractivity contribution in [3.63, 3.8) is 0 Å². The number of aromatic nitrogens is 4. The zero-order chi connectivity index (χ0) is 27.4. The van der Waals surface area contributed by atoms with E-state index in [1.54, 1.807) is 0 Å². The first-order valence-electron chi connectivity index (χ1n) is 11.7. The van der Waals surface area contributed by atoms with Gasteiger partial charge in [0.15, 0.2) is 5.82 Å². The lowest BCUT2D eigenvalue weighted by Crippen LogP contribution is -2.36. The highest BCUT2D eigenvalue weighted by Gasteiger charge is 2.53. The fourth-order valence-corrected chi connectivity index (χ4v) is 4.60. The Kier molecular flexibility index (Phi) is 6.07. The Bertz CT molecular complexity index is 1650. The Hall–Kier alpha value is -4.09. The number of nitrogens with one attached hydrogen (secondary N) is 1. The highest BCUT2D eigenvalue weighted by molar-refractivity contribution is 5.90. The Morgan fingerprint density at radius 2 is 1.76 bits per heavy atom. The summed E-state index contributed by atoms with van der Waals surface area (Å²) >= 11 is 0. The van der Waals surface area contributed by atoms with Gasteiger partial charge in [0.25, 0.3) is 17.5 Å². The molecule has 1 atom stereocenters. The first-order chi connectivity index (χ1) is 18.0. The van der Waals surface area contributed by atoms with E-state index in [1.165, 1.54) is 38.5 Å². The average molecular weight is 531 g/mol. The summed E-state index contributed by atoms with van der Waals surface area (Å²) in [6.07, 6.45) is 0.918. The van der Waals surface area contributed by atoms with Gasteiger partial charge >= 0.3 is 5.92 Å². The fraction of sp³-hybridized carbons (Fsp3) is 0.308. The minimum atomic E-state index is -3.64. The van der Waals surface area contributed by atoms with Crippen LogP contribution in [0.15, 0.2) is 64.6 Å². The molecule has 1 aliphatic rings. The molecular formula is C26H22F5N5O2. The van der Waals surface area contributed by atoms with E-state index in [-0.39, 0.29) is 35.0 Å². The second-order valence-corrected chi connectivity index (χ2v) is 9.38. The van der Waals surface area contributed by atoms with Crippen LogP contribution in [-0.4, -0.2) is 25.8 Å². The molecule has 12 heteroatoms. The molecule has 0 spiro atoms. The molecule has 198 valence electrons. The van der Waals surface area contributed by atoms with Gasteiger partial charge in [-0.05, 0) is 38.0 Å². The van der Waals surface area contributed by atoms with Crippen LogP contribution in [-0.2, 0) is 18.5 Å². The number of fused-ring (bicyclic) bond motifs is 1. The summed E-state index contributed by atoms with van der Waals surface area (Å²) in [5.41, 5.74) is -4.42. The molecule has 3 aromatic heterocycles. The van der Waals surface area contributed by atoms with E-state index in [9.17, 15) is 18.4 Å². The van der Waals surface area contributed by atoms with Gasteiger partial charge in [-0.1, -0.05) is 12.1 Å². The van der Waals surface area contributed by atoms with Gasteiger partial charge in [-0.15, -0.1) is 0 Å². The lowest BCUT2D eigenvalue weighted by atomic mass is 9.96. The Labute approximate surface area is 212 Å². The predicted molar refractivity (Wildman–Crippen MR) is 130 cm³/mol. The first kappa shape index (κ1) is 25.6. The van der Waals surface area contributed by atoms with E-state index >= 15 is 13.2 Å². The van der Waals surface area contributed by atoms with Crippen LogP contribution in [0, 0.1) is 5.82 Å². The zero-order valence-electron chi connectivity index (χ0n) is 20.3. The van der Waals surface area contributed by atoms with Crippen molar-refractivity contribution in [1.29, 1.82) is 0 Å². The van der Waals surface area contributed by atoms with E-state index in [1.807, 2.05) is 0 Å². The van der Waals surface area contributed by atoms with E-state index in [0.29, 0.717) is 0 Å². The molecular weight excluding hydrogens is 509 g/mol. The molecule has 7 nitrogen and oxygen atoms in total. The normalized spacial score (nSPS) is 15.6. The summed E-state index contributed by atoms with van der Waals surface area (Å²) in [5.74, 6) is -4.79. The van der Waals surface area contributed by atoms with Gasteiger partial charge in [-0.3, -0.25) is 14.6 Å². The molecule has 0 radical (unpaired) electrons. The molecule has 1 saturated carbocycles. The molecule has 1 aliphatic carbocycles. The number of rotatable bonds is 7. The lowest BCUT2D eigenvalue weighted by molar-refractivity contribution is 0.0386. The van der Waals surface area contributed by atoms with Gasteiger partial charge < -0.3 is 9.88 Å². The van der Waals surface area contributed by atoms with Crippen LogP contribution in [0.5, 0.6) is 0 Å². The maximum Gasteiger partial charge on any atom is 0.301 e. The number of nitrogens with zero attached hydrogens (tertiary/aromatic N) is 4. The van der Waals surface area contributed by atoms with E-state index in [0.717, 1.165) is 39.7 Å². The number of aryl methyl sites for hydroxylation is 1. The molecule has 0 bridgehead atoms. The summed E-state index contributed by atoms with van der Waals surface area (Å²) in [6.45, 7) is 1.50. The second-order valence-electron chi connectivity index (χ2n) is 9.38. The van der Waals surface area contributed by atoms with Crippen LogP contribution < -0.4 is 16.4 Å². The molecule has 5 rings (SSSR count). The van der Waals surface area contributed by atoms with Crippen molar-refractivity contribution in [2.75, 3.05) is 5.32 Å². The quantitative estimate of drug-likeness (QED) is 0.350. The van der Waals surface area contributed by atoms with Gasteiger partial charge in [-0.25, -0.2) is 17.9 Å². The topological polar surface area (TPSA) is 81.8 Å². The summed E-state index contributed by atoms with van der Waals surface area (Å²) in [6, 6.07) is 5.85. The highest BCUT2D eigenvalue weighted by atomic mass is 19.3. The molecule has 1 aromatic carbocycles. The summed E-state index contributed by atoms with van der Waals surface area (Å²) in [4.78, 5) is 29.0. The van der Waals surface area contributed by atoms with Crippen molar-refractivity contribution < 1.29 is 22.0 Å². The third-order valence-electron chi connectivity index (χ3n) is 6.96. The van der Waals surface area contributed by atoms with Crippen LogP contribution in [0.4, 0.5) is 27.8 Å². The second kappa shape index (κ2) is 9.03. The highest BCUT2D eigenvalue weighted by Crippen LogP contribution is 2.48. The summed E-state index contributed by atoms with van der Waals surface area (Å²) in [7, 11) is 1.33. The Morgan fingerprint density at radius 3 is 2.39 bits per heavy atom. The maximum atomic E-state index is 15.5. The summed E-state index contributed by atoms with van der Waals surface area (Å²) in [5, 5.41) is 7.06. The lowest BCUT2D eigenvalue weighted by Gasteiger charge is -2.23. The molecule has 0 saturated heterocycles. The van der Waals surface area contributed by atoms with Crippen molar-refractivity contribution in [3.8, 4) is 0 Å². The van der Waals surface area contributed by atoms with Gasteiger partial charge in [0, 0.05) is 48.2 Å².